The third-order valence-electron chi connectivity index (χ3n) is 5.93. The number of nitrogens with two attached hydrogens (primary N) is 1. The highest BCUT2D eigenvalue weighted by Crippen LogP contribution is 2.47. The summed E-state index contributed by atoms with van der Waals surface area (Å²) in [5, 5.41) is 0. The van der Waals surface area contributed by atoms with Crippen LogP contribution in [0.15, 0.2) is 42.5 Å². The van der Waals surface area contributed by atoms with Crippen molar-refractivity contribution < 1.29 is 4.79 Å². The Morgan fingerprint density at radius 3 is 2.58 bits per heavy atom. The highest BCUT2D eigenvalue weighted by atomic mass is 16.1. The molecule has 1 heterocycles. The first kappa shape index (κ1) is 17.2. The van der Waals surface area contributed by atoms with Gasteiger partial charge in [0.05, 0.1) is 5.41 Å². The lowest BCUT2D eigenvalue weighted by molar-refractivity contribution is -0.129. The Morgan fingerprint density at radius 1 is 1.12 bits per heavy atom. The maximum absolute atomic E-state index is 12.5. The second-order valence-electron chi connectivity index (χ2n) is 7.40. The molecule has 1 amide bonds. The van der Waals surface area contributed by atoms with Crippen LogP contribution >= 0.6 is 0 Å². The van der Waals surface area contributed by atoms with Gasteiger partial charge in [0.15, 0.2) is 0 Å². The van der Waals surface area contributed by atoms with Gasteiger partial charge in [0.1, 0.15) is 0 Å². The minimum atomic E-state index is -0.425. The number of hydrogen-bond donors (Lipinski definition) is 1. The van der Waals surface area contributed by atoms with Gasteiger partial charge >= 0.3 is 0 Å². The minimum absolute atomic E-state index is 0.126. The Bertz CT molecular complexity index is 562. The zero-order valence-electron chi connectivity index (χ0n) is 14.6. The number of carbonyl (C=O) groups excluding carboxylic acids is 1. The molecule has 1 fully saturated rings. The van der Waals surface area contributed by atoms with Crippen LogP contribution < -0.4 is 5.73 Å². The number of piperidine rings is 1. The van der Waals surface area contributed by atoms with Gasteiger partial charge in [-0.25, -0.2) is 0 Å². The number of benzene rings is 1. The van der Waals surface area contributed by atoms with Gasteiger partial charge in [-0.3, -0.25) is 4.79 Å². The maximum atomic E-state index is 12.5. The molecule has 2 unspecified atom stereocenters. The fraction of sp³-hybridized carbons (Fsp3) is 0.571. The van der Waals surface area contributed by atoms with E-state index in [9.17, 15) is 4.79 Å². The zero-order chi connectivity index (χ0) is 16.8. The minimum Gasteiger partial charge on any atom is -0.369 e. The first-order chi connectivity index (χ1) is 11.7. The van der Waals surface area contributed by atoms with Crippen LogP contribution in [-0.2, 0) is 4.79 Å². The summed E-state index contributed by atoms with van der Waals surface area (Å²) in [6.45, 7) is 3.53. The number of primary amides is 1. The molecule has 0 radical (unpaired) electrons. The van der Waals surface area contributed by atoms with E-state index in [-0.39, 0.29) is 11.8 Å². The largest absolute Gasteiger partial charge is 0.369 e. The molecule has 1 aromatic carbocycles. The summed E-state index contributed by atoms with van der Waals surface area (Å²) in [7, 11) is 0. The number of likely N-dealkylation sites (tertiary alicyclic amines) is 1. The van der Waals surface area contributed by atoms with Crippen LogP contribution in [0, 0.1) is 5.41 Å². The van der Waals surface area contributed by atoms with Gasteiger partial charge < -0.3 is 10.6 Å². The van der Waals surface area contributed by atoms with Crippen LogP contribution in [0.1, 0.15) is 56.4 Å². The summed E-state index contributed by atoms with van der Waals surface area (Å²) in [5.41, 5.74) is 6.79. The van der Waals surface area contributed by atoms with Crippen molar-refractivity contribution in [1.29, 1.82) is 0 Å². The van der Waals surface area contributed by atoms with E-state index in [0.717, 1.165) is 32.2 Å². The molecule has 3 heteroatoms. The number of allylic oxidation sites excluding steroid dienone is 2. The lowest BCUT2D eigenvalue weighted by atomic mass is 9.63. The van der Waals surface area contributed by atoms with Gasteiger partial charge in [-0.1, -0.05) is 48.9 Å². The summed E-state index contributed by atoms with van der Waals surface area (Å²) < 4.78 is 0. The summed E-state index contributed by atoms with van der Waals surface area (Å²) in [4.78, 5) is 15.1. The fourth-order valence-corrected chi connectivity index (χ4v) is 4.51. The molecule has 130 valence electrons. The van der Waals surface area contributed by atoms with Crippen LogP contribution in [0.4, 0.5) is 0 Å². The predicted molar refractivity (Wildman–Crippen MR) is 98.7 cm³/mol. The van der Waals surface area contributed by atoms with Gasteiger partial charge in [-0.05, 0) is 63.7 Å². The molecule has 0 bridgehead atoms. The van der Waals surface area contributed by atoms with Crippen molar-refractivity contribution in [3.05, 3.63) is 48.0 Å². The van der Waals surface area contributed by atoms with Crippen molar-refractivity contribution in [1.82, 2.24) is 4.90 Å². The second-order valence-corrected chi connectivity index (χ2v) is 7.40. The Morgan fingerprint density at radius 2 is 1.88 bits per heavy atom. The van der Waals surface area contributed by atoms with Gasteiger partial charge in [0, 0.05) is 5.92 Å². The van der Waals surface area contributed by atoms with E-state index < -0.39 is 5.41 Å². The van der Waals surface area contributed by atoms with E-state index >= 15 is 0 Å². The van der Waals surface area contributed by atoms with Crippen molar-refractivity contribution in [3.63, 3.8) is 0 Å². The molecule has 1 aromatic rings. The molecule has 1 aliphatic carbocycles. The predicted octanol–water partition coefficient (Wildman–Crippen LogP) is 3.86. The first-order valence-electron chi connectivity index (χ1n) is 9.44. The summed E-state index contributed by atoms with van der Waals surface area (Å²) in [6.07, 6.45) is 12.0. The summed E-state index contributed by atoms with van der Waals surface area (Å²) in [6, 6.07) is 10.4. The third kappa shape index (κ3) is 3.72. The van der Waals surface area contributed by atoms with Crippen LogP contribution in [0.3, 0.4) is 0 Å². The van der Waals surface area contributed by atoms with E-state index in [4.69, 9.17) is 5.73 Å². The number of carbonyl (C=O) groups is 1. The molecule has 24 heavy (non-hydrogen) atoms. The number of hydrogen-bond acceptors (Lipinski definition) is 2. The van der Waals surface area contributed by atoms with E-state index in [0.29, 0.717) is 0 Å². The Hall–Kier alpha value is -1.61. The average Bonchev–Trinajstić information content (AvgIpc) is 2.63. The second kappa shape index (κ2) is 7.98. The van der Waals surface area contributed by atoms with Crippen LogP contribution in [0.2, 0.25) is 0 Å². The quantitative estimate of drug-likeness (QED) is 0.807. The molecule has 0 saturated carbocycles. The highest BCUT2D eigenvalue weighted by Gasteiger charge is 2.44. The first-order valence-corrected chi connectivity index (χ1v) is 9.44. The highest BCUT2D eigenvalue weighted by molar-refractivity contribution is 5.82. The zero-order valence-corrected chi connectivity index (χ0v) is 14.6. The molecular weight excluding hydrogens is 296 g/mol. The molecule has 3 nitrogen and oxygen atoms in total. The normalized spacial score (nSPS) is 27.9. The standard InChI is InChI=1S/C21H30N2O/c22-20(24)21(14-9-17-23-15-7-2-8-16-23)13-6-5-12-19(21)18-10-3-1-4-11-18/h1,3-6,10-11,19H,2,7-9,12-17H2,(H2,22,24). The topological polar surface area (TPSA) is 46.3 Å². The summed E-state index contributed by atoms with van der Waals surface area (Å²) in [5.74, 6) is 0.0851. The molecule has 1 saturated heterocycles. The van der Waals surface area contributed by atoms with Crippen LogP contribution in [0.25, 0.3) is 0 Å². The molecule has 0 spiro atoms. The smallest absolute Gasteiger partial charge is 0.224 e. The van der Waals surface area contributed by atoms with Crippen molar-refractivity contribution in [2.24, 2.45) is 11.1 Å². The van der Waals surface area contributed by atoms with Crippen molar-refractivity contribution in [2.75, 3.05) is 19.6 Å². The van der Waals surface area contributed by atoms with E-state index in [2.05, 4.69) is 41.3 Å². The van der Waals surface area contributed by atoms with Gasteiger partial charge in [0.25, 0.3) is 0 Å². The molecule has 2 N–H and O–H groups in total. The molecule has 0 aromatic heterocycles. The van der Waals surface area contributed by atoms with Gasteiger partial charge in [-0.15, -0.1) is 0 Å². The van der Waals surface area contributed by atoms with Gasteiger partial charge in [0.2, 0.25) is 5.91 Å². The van der Waals surface area contributed by atoms with E-state index in [1.54, 1.807) is 0 Å². The van der Waals surface area contributed by atoms with Crippen molar-refractivity contribution in [2.45, 2.75) is 50.9 Å². The Labute approximate surface area is 145 Å². The fourth-order valence-electron chi connectivity index (χ4n) is 4.51. The lowest BCUT2D eigenvalue weighted by Gasteiger charge is -2.40. The Kier molecular flexibility index (Phi) is 5.72. The number of rotatable bonds is 6. The monoisotopic (exact) mass is 326 g/mol. The van der Waals surface area contributed by atoms with Crippen molar-refractivity contribution in [3.8, 4) is 0 Å². The molecule has 2 aliphatic rings. The van der Waals surface area contributed by atoms with Crippen LogP contribution in [-0.4, -0.2) is 30.4 Å². The molecule has 2 atom stereocenters. The number of amides is 1. The molecular formula is C21H30N2O. The van der Waals surface area contributed by atoms with Crippen LogP contribution in [0.5, 0.6) is 0 Å². The van der Waals surface area contributed by atoms with E-state index in [1.807, 2.05) is 6.07 Å². The van der Waals surface area contributed by atoms with Gasteiger partial charge in [-0.2, -0.15) is 0 Å². The summed E-state index contributed by atoms with van der Waals surface area (Å²) >= 11 is 0. The number of nitrogens with zero attached hydrogens (tertiary/aromatic N) is 1. The molecule has 3 rings (SSSR count). The molecule has 1 aliphatic heterocycles. The van der Waals surface area contributed by atoms with Crippen molar-refractivity contribution >= 4 is 5.91 Å². The maximum Gasteiger partial charge on any atom is 0.224 e. The van der Waals surface area contributed by atoms with E-state index in [1.165, 1.54) is 37.9 Å². The third-order valence-corrected chi connectivity index (χ3v) is 5.93. The SMILES string of the molecule is NC(=O)C1(CCCN2CCCCC2)CC=CCC1c1ccccc1. The Balaban J connectivity index is 1.72. The lowest BCUT2D eigenvalue weighted by Crippen LogP contribution is -2.43. The average molecular weight is 326 g/mol.